The van der Waals surface area contributed by atoms with E-state index >= 15 is 0 Å². The van der Waals surface area contributed by atoms with Crippen LogP contribution in [0.2, 0.25) is 5.02 Å². The highest BCUT2D eigenvalue weighted by Crippen LogP contribution is 2.31. The normalized spacial score (nSPS) is 14.9. The molecule has 26 heavy (non-hydrogen) atoms. The summed E-state index contributed by atoms with van der Waals surface area (Å²) in [5, 5.41) is 1.63. The van der Waals surface area contributed by atoms with Gasteiger partial charge in [-0.2, -0.15) is 0 Å². The molecule has 0 aliphatic carbocycles. The third-order valence-electron chi connectivity index (χ3n) is 4.90. The van der Waals surface area contributed by atoms with Crippen molar-refractivity contribution in [3.63, 3.8) is 0 Å². The number of aryl methyl sites for hydroxylation is 2. The first-order valence-electron chi connectivity index (χ1n) is 8.69. The van der Waals surface area contributed by atoms with Crippen molar-refractivity contribution in [1.82, 2.24) is 9.88 Å². The Morgan fingerprint density at radius 2 is 1.81 bits per heavy atom. The van der Waals surface area contributed by atoms with Gasteiger partial charge in [-0.3, -0.25) is 4.79 Å². The maximum absolute atomic E-state index is 12.6. The number of anilines is 1. The summed E-state index contributed by atoms with van der Waals surface area (Å²) in [6.45, 7) is 7.23. The van der Waals surface area contributed by atoms with Gasteiger partial charge in [-0.15, -0.1) is 0 Å². The number of rotatable bonds is 2. The molecule has 6 heteroatoms. The summed E-state index contributed by atoms with van der Waals surface area (Å²) < 4.78 is 1.22. The Morgan fingerprint density at radius 1 is 1.08 bits per heavy atom. The number of halogens is 1. The minimum Gasteiger partial charge on any atom is -0.345 e. The summed E-state index contributed by atoms with van der Waals surface area (Å²) in [5.41, 5.74) is 4.28. The van der Waals surface area contributed by atoms with Crippen LogP contribution in [0.1, 0.15) is 21.5 Å². The average molecular weight is 386 g/mol. The number of carbonyl (C=O) groups excluding carboxylic acids is 1. The number of amides is 1. The van der Waals surface area contributed by atoms with Crippen LogP contribution in [0.4, 0.5) is 5.13 Å². The summed E-state index contributed by atoms with van der Waals surface area (Å²) in [6, 6.07) is 11.5. The van der Waals surface area contributed by atoms with Gasteiger partial charge in [0.1, 0.15) is 0 Å². The first-order chi connectivity index (χ1) is 12.5. The van der Waals surface area contributed by atoms with Crippen LogP contribution < -0.4 is 4.90 Å². The van der Waals surface area contributed by atoms with E-state index in [9.17, 15) is 4.79 Å². The Hall–Kier alpha value is -2.11. The van der Waals surface area contributed by atoms with Crippen molar-refractivity contribution in [3.05, 3.63) is 58.1 Å². The van der Waals surface area contributed by atoms with Gasteiger partial charge in [0.2, 0.25) is 0 Å². The number of thiazole rings is 1. The SMILES string of the molecule is Cc1cc2nc(N3CCN(C(=O)c4cccc(Cl)c4)CC3)sc2cc1C. The zero-order valence-corrected chi connectivity index (χ0v) is 16.4. The van der Waals surface area contributed by atoms with Crippen LogP contribution in [0.15, 0.2) is 36.4 Å². The summed E-state index contributed by atoms with van der Waals surface area (Å²) in [4.78, 5) is 21.6. The van der Waals surface area contributed by atoms with Crippen LogP contribution >= 0.6 is 22.9 Å². The topological polar surface area (TPSA) is 36.4 Å². The second-order valence-electron chi connectivity index (χ2n) is 6.69. The number of piperazine rings is 1. The smallest absolute Gasteiger partial charge is 0.254 e. The minimum absolute atomic E-state index is 0.0442. The molecule has 1 aliphatic heterocycles. The Labute approximate surface area is 162 Å². The van der Waals surface area contributed by atoms with Crippen LogP contribution in [-0.2, 0) is 0 Å². The fourth-order valence-corrected chi connectivity index (χ4v) is 4.50. The average Bonchev–Trinajstić information content (AvgIpc) is 3.04. The van der Waals surface area contributed by atoms with Gasteiger partial charge >= 0.3 is 0 Å². The molecule has 1 fully saturated rings. The summed E-state index contributed by atoms with van der Waals surface area (Å²) in [7, 11) is 0. The van der Waals surface area contributed by atoms with Crippen molar-refractivity contribution in [2.24, 2.45) is 0 Å². The van der Waals surface area contributed by atoms with E-state index in [1.807, 2.05) is 17.0 Å². The largest absolute Gasteiger partial charge is 0.345 e. The molecule has 0 radical (unpaired) electrons. The van der Waals surface area contributed by atoms with Crippen molar-refractivity contribution in [3.8, 4) is 0 Å². The molecule has 4 nitrogen and oxygen atoms in total. The van der Waals surface area contributed by atoms with Crippen molar-refractivity contribution in [2.45, 2.75) is 13.8 Å². The molecule has 0 saturated carbocycles. The van der Waals surface area contributed by atoms with Gasteiger partial charge in [-0.1, -0.05) is 29.0 Å². The monoisotopic (exact) mass is 385 g/mol. The quantitative estimate of drug-likeness (QED) is 0.650. The molecule has 4 rings (SSSR count). The number of carbonyl (C=O) groups is 1. The lowest BCUT2D eigenvalue weighted by molar-refractivity contribution is 0.0747. The second kappa shape index (κ2) is 6.89. The molecule has 1 saturated heterocycles. The molecular weight excluding hydrogens is 366 g/mol. The van der Waals surface area contributed by atoms with E-state index in [-0.39, 0.29) is 5.91 Å². The number of nitrogens with zero attached hydrogens (tertiary/aromatic N) is 3. The van der Waals surface area contributed by atoms with E-state index in [4.69, 9.17) is 16.6 Å². The lowest BCUT2D eigenvalue weighted by Gasteiger charge is -2.34. The van der Waals surface area contributed by atoms with Crippen molar-refractivity contribution < 1.29 is 4.79 Å². The molecule has 134 valence electrons. The molecule has 1 aliphatic rings. The van der Waals surface area contributed by atoms with Crippen LogP contribution in [0.25, 0.3) is 10.2 Å². The molecule has 0 spiro atoms. The van der Waals surface area contributed by atoms with Gasteiger partial charge in [-0.25, -0.2) is 4.98 Å². The molecule has 1 amide bonds. The van der Waals surface area contributed by atoms with Crippen molar-refractivity contribution in [2.75, 3.05) is 31.1 Å². The van der Waals surface area contributed by atoms with E-state index < -0.39 is 0 Å². The van der Waals surface area contributed by atoms with E-state index in [0.29, 0.717) is 23.7 Å². The zero-order chi connectivity index (χ0) is 18.3. The minimum atomic E-state index is 0.0442. The lowest BCUT2D eigenvalue weighted by atomic mass is 10.1. The third-order valence-corrected chi connectivity index (χ3v) is 6.22. The highest BCUT2D eigenvalue weighted by atomic mass is 35.5. The molecule has 2 heterocycles. The standard InChI is InChI=1S/C20H20ClN3OS/c1-13-10-17-18(11-14(13)2)26-20(22-17)24-8-6-23(7-9-24)19(25)15-4-3-5-16(21)12-15/h3-5,10-12H,6-9H2,1-2H3. The molecule has 3 aromatic rings. The highest BCUT2D eigenvalue weighted by molar-refractivity contribution is 7.22. The molecule has 1 aromatic heterocycles. The molecule has 0 N–H and O–H groups in total. The van der Waals surface area contributed by atoms with Gasteiger partial charge < -0.3 is 9.80 Å². The van der Waals surface area contributed by atoms with Crippen molar-refractivity contribution in [1.29, 1.82) is 0 Å². The number of hydrogen-bond donors (Lipinski definition) is 0. The van der Waals surface area contributed by atoms with E-state index in [2.05, 4.69) is 30.9 Å². The lowest BCUT2D eigenvalue weighted by Crippen LogP contribution is -2.48. The predicted octanol–water partition coefficient (Wildman–Crippen LogP) is 4.53. The van der Waals surface area contributed by atoms with Crippen LogP contribution in [0, 0.1) is 13.8 Å². The predicted molar refractivity (Wildman–Crippen MR) is 109 cm³/mol. The van der Waals surface area contributed by atoms with E-state index in [1.54, 1.807) is 23.5 Å². The second-order valence-corrected chi connectivity index (χ2v) is 8.14. The Balaban J connectivity index is 1.47. The molecule has 0 bridgehead atoms. The van der Waals surface area contributed by atoms with Crippen LogP contribution in [-0.4, -0.2) is 42.0 Å². The Morgan fingerprint density at radius 3 is 2.54 bits per heavy atom. The van der Waals surface area contributed by atoms with Gasteiger partial charge in [0, 0.05) is 36.8 Å². The van der Waals surface area contributed by atoms with Gasteiger partial charge in [0.25, 0.3) is 5.91 Å². The van der Waals surface area contributed by atoms with E-state index in [1.165, 1.54) is 15.8 Å². The number of benzene rings is 2. The molecule has 0 atom stereocenters. The van der Waals surface area contributed by atoms with Gasteiger partial charge in [0.05, 0.1) is 10.2 Å². The Bertz CT molecular complexity index is 937. The Kier molecular flexibility index (Phi) is 4.59. The fraction of sp³-hybridized carbons (Fsp3) is 0.300. The number of fused-ring (bicyclic) bond motifs is 1. The first-order valence-corrected chi connectivity index (χ1v) is 9.88. The highest BCUT2D eigenvalue weighted by Gasteiger charge is 2.24. The van der Waals surface area contributed by atoms with Gasteiger partial charge in [0.15, 0.2) is 5.13 Å². The van der Waals surface area contributed by atoms with Crippen LogP contribution in [0.5, 0.6) is 0 Å². The molecular formula is C20H20ClN3OS. The zero-order valence-electron chi connectivity index (χ0n) is 14.8. The maximum Gasteiger partial charge on any atom is 0.254 e. The van der Waals surface area contributed by atoms with Crippen molar-refractivity contribution >= 4 is 44.2 Å². The molecule has 2 aromatic carbocycles. The number of hydrogen-bond acceptors (Lipinski definition) is 4. The summed E-state index contributed by atoms with van der Waals surface area (Å²) in [5.74, 6) is 0.0442. The first kappa shape index (κ1) is 17.3. The van der Waals surface area contributed by atoms with Gasteiger partial charge in [-0.05, 0) is 55.3 Å². The van der Waals surface area contributed by atoms with Crippen LogP contribution in [0.3, 0.4) is 0 Å². The third kappa shape index (κ3) is 3.29. The summed E-state index contributed by atoms with van der Waals surface area (Å²) in [6.07, 6.45) is 0. The molecule has 0 unspecified atom stereocenters. The fourth-order valence-electron chi connectivity index (χ4n) is 3.21. The van der Waals surface area contributed by atoms with E-state index in [0.717, 1.165) is 23.7 Å². The number of aromatic nitrogens is 1. The maximum atomic E-state index is 12.6. The summed E-state index contributed by atoms with van der Waals surface area (Å²) >= 11 is 7.73.